The van der Waals surface area contributed by atoms with Gasteiger partial charge in [-0.25, -0.2) is 0 Å². The van der Waals surface area contributed by atoms with Gasteiger partial charge in [0, 0.05) is 24.2 Å². The second kappa shape index (κ2) is 8.44. The van der Waals surface area contributed by atoms with Crippen molar-refractivity contribution in [2.75, 3.05) is 26.6 Å². The number of carbonyl (C=O) groups is 2. The third kappa shape index (κ3) is 4.31. The molecule has 7 nitrogen and oxygen atoms in total. The summed E-state index contributed by atoms with van der Waals surface area (Å²) in [6.07, 6.45) is -0.233. The number of anilines is 1. The fraction of sp³-hybridized carbons (Fsp3) is 0.300. The van der Waals surface area contributed by atoms with Crippen LogP contribution in [0.2, 0.25) is 0 Å². The van der Waals surface area contributed by atoms with Gasteiger partial charge in [0.25, 0.3) is 0 Å². The minimum atomic E-state index is -1.36. The topological polar surface area (TPSA) is 94.1 Å². The number of methoxy groups -OCH3 is 3. The molecule has 0 heterocycles. The van der Waals surface area contributed by atoms with E-state index in [1.165, 1.54) is 28.3 Å². The number of hydrogen-bond acceptors (Lipinski definition) is 5. The van der Waals surface area contributed by atoms with E-state index in [0.717, 1.165) is 0 Å². The monoisotopic (exact) mass is 373 g/mol. The molecule has 0 radical (unpaired) electrons. The zero-order valence-electron chi connectivity index (χ0n) is 15.7. The van der Waals surface area contributed by atoms with Crippen molar-refractivity contribution in [2.45, 2.75) is 18.8 Å². The van der Waals surface area contributed by atoms with E-state index in [-0.39, 0.29) is 6.42 Å². The molecule has 1 atom stereocenters. The summed E-state index contributed by atoms with van der Waals surface area (Å²) in [5, 5.41) is 12.4. The van der Waals surface area contributed by atoms with Crippen LogP contribution in [0, 0.1) is 0 Å². The molecule has 0 bridgehead atoms. The van der Waals surface area contributed by atoms with Crippen molar-refractivity contribution < 1.29 is 28.9 Å². The number of carbonyl (C=O) groups excluding carboxylic acids is 1. The van der Waals surface area contributed by atoms with Crippen molar-refractivity contribution in [1.29, 1.82) is 0 Å². The Morgan fingerprint density at radius 3 is 2.00 bits per heavy atom. The van der Waals surface area contributed by atoms with Crippen molar-refractivity contribution in [3.63, 3.8) is 0 Å². The molecule has 0 aliphatic heterocycles. The number of ether oxygens (including phenoxy) is 3. The molecule has 0 spiro atoms. The van der Waals surface area contributed by atoms with E-state index in [1.54, 1.807) is 42.5 Å². The van der Waals surface area contributed by atoms with E-state index in [0.29, 0.717) is 28.5 Å². The average Bonchev–Trinajstić information content (AvgIpc) is 2.67. The van der Waals surface area contributed by atoms with E-state index in [9.17, 15) is 14.7 Å². The highest BCUT2D eigenvalue weighted by molar-refractivity contribution is 5.96. The first-order valence-electron chi connectivity index (χ1n) is 8.24. The highest BCUT2D eigenvalue weighted by Gasteiger charge is 2.37. The standard InChI is InChI=1S/C20H23NO6/c1-20(19(23)24,13-8-6-5-7-9-13)12-17(22)21-14-10-15(25-2)18(27-4)16(11-14)26-3/h5-11H,12H2,1-4H3,(H,21,22)(H,23,24)/t20-/m0/s1. The molecule has 7 heteroatoms. The third-order valence-electron chi connectivity index (χ3n) is 4.35. The zero-order valence-corrected chi connectivity index (χ0v) is 15.7. The number of nitrogens with one attached hydrogen (secondary N) is 1. The second-order valence-electron chi connectivity index (χ2n) is 6.14. The third-order valence-corrected chi connectivity index (χ3v) is 4.35. The van der Waals surface area contributed by atoms with Gasteiger partial charge in [-0.15, -0.1) is 0 Å². The average molecular weight is 373 g/mol. The number of rotatable bonds is 8. The molecule has 0 aromatic heterocycles. The van der Waals surface area contributed by atoms with E-state index >= 15 is 0 Å². The quantitative estimate of drug-likeness (QED) is 0.738. The van der Waals surface area contributed by atoms with Crippen molar-refractivity contribution in [1.82, 2.24) is 0 Å². The highest BCUT2D eigenvalue weighted by atomic mass is 16.5. The minimum Gasteiger partial charge on any atom is -0.493 e. The van der Waals surface area contributed by atoms with Gasteiger partial charge in [0.15, 0.2) is 11.5 Å². The summed E-state index contributed by atoms with van der Waals surface area (Å²) >= 11 is 0. The van der Waals surface area contributed by atoms with Crippen LogP contribution in [-0.2, 0) is 15.0 Å². The summed E-state index contributed by atoms with van der Waals surface area (Å²) in [5.41, 5.74) is -0.390. The Bertz CT molecular complexity index is 795. The van der Waals surface area contributed by atoms with Gasteiger partial charge in [-0.3, -0.25) is 9.59 Å². The molecule has 2 aromatic rings. The van der Waals surface area contributed by atoms with E-state index in [4.69, 9.17) is 14.2 Å². The van der Waals surface area contributed by atoms with Gasteiger partial charge in [-0.05, 0) is 12.5 Å². The molecule has 0 fully saturated rings. The SMILES string of the molecule is COc1cc(NC(=O)C[C@](C)(C(=O)O)c2ccccc2)cc(OC)c1OC. The van der Waals surface area contributed by atoms with Gasteiger partial charge < -0.3 is 24.6 Å². The maximum absolute atomic E-state index is 12.6. The molecule has 0 aliphatic rings. The predicted octanol–water partition coefficient (Wildman–Crippen LogP) is 3.08. The van der Waals surface area contributed by atoms with Crippen LogP contribution in [0.5, 0.6) is 17.2 Å². The first kappa shape index (κ1) is 20.1. The summed E-state index contributed by atoms with van der Waals surface area (Å²) in [4.78, 5) is 24.4. The number of carboxylic acids is 1. The van der Waals surface area contributed by atoms with Gasteiger partial charge in [-0.1, -0.05) is 30.3 Å². The molecular formula is C20H23NO6. The molecule has 1 amide bonds. The summed E-state index contributed by atoms with van der Waals surface area (Å²) in [6.45, 7) is 1.53. The summed E-state index contributed by atoms with van der Waals surface area (Å²) < 4.78 is 15.8. The van der Waals surface area contributed by atoms with Crippen LogP contribution in [0.3, 0.4) is 0 Å². The fourth-order valence-electron chi connectivity index (χ4n) is 2.79. The Labute approximate surface area is 157 Å². The van der Waals surface area contributed by atoms with E-state index in [2.05, 4.69) is 5.32 Å². The first-order chi connectivity index (χ1) is 12.8. The van der Waals surface area contributed by atoms with Crippen molar-refractivity contribution in [3.8, 4) is 17.2 Å². The number of benzene rings is 2. The van der Waals surface area contributed by atoms with Crippen molar-refractivity contribution in [2.24, 2.45) is 0 Å². The Kier molecular flexibility index (Phi) is 6.28. The minimum absolute atomic E-state index is 0.233. The molecular weight excluding hydrogens is 350 g/mol. The van der Waals surface area contributed by atoms with Crippen LogP contribution < -0.4 is 19.5 Å². The Balaban J connectivity index is 2.27. The number of hydrogen-bond donors (Lipinski definition) is 2. The van der Waals surface area contributed by atoms with Crippen LogP contribution in [0.15, 0.2) is 42.5 Å². The van der Waals surface area contributed by atoms with Gasteiger partial charge in [0.05, 0.1) is 26.7 Å². The molecule has 0 saturated carbocycles. The van der Waals surface area contributed by atoms with E-state index < -0.39 is 17.3 Å². The second-order valence-corrected chi connectivity index (χ2v) is 6.14. The van der Waals surface area contributed by atoms with Gasteiger partial charge >= 0.3 is 5.97 Å². The summed E-state index contributed by atoms with van der Waals surface area (Å²) in [7, 11) is 4.43. The smallest absolute Gasteiger partial charge is 0.314 e. The number of aliphatic carboxylic acids is 1. The van der Waals surface area contributed by atoms with Gasteiger partial charge in [-0.2, -0.15) is 0 Å². The van der Waals surface area contributed by atoms with Crippen LogP contribution in [-0.4, -0.2) is 38.3 Å². The fourth-order valence-corrected chi connectivity index (χ4v) is 2.79. The Morgan fingerprint density at radius 2 is 1.56 bits per heavy atom. The summed E-state index contributed by atoms with van der Waals surface area (Å²) in [5.74, 6) is -0.350. The molecule has 0 unspecified atom stereocenters. The van der Waals surface area contributed by atoms with Gasteiger partial charge in [0.1, 0.15) is 0 Å². The normalized spacial score (nSPS) is 12.6. The Morgan fingerprint density at radius 1 is 1.00 bits per heavy atom. The lowest BCUT2D eigenvalue weighted by molar-refractivity contribution is -0.145. The Hall–Kier alpha value is -3.22. The summed E-state index contributed by atoms with van der Waals surface area (Å²) in [6, 6.07) is 11.8. The van der Waals surface area contributed by atoms with Crippen LogP contribution in [0.1, 0.15) is 18.9 Å². The lowest BCUT2D eigenvalue weighted by atomic mass is 9.79. The lowest BCUT2D eigenvalue weighted by Crippen LogP contribution is -2.36. The largest absolute Gasteiger partial charge is 0.493 e. The molecule has 2 N–H and O–H groups in total. The molecule has 0 aliphatic carbocycles. The predicted molar refractivity (Wildman–Crippen MR) is 101 cm³/mol. The van der Waals surface area contributed by atoms with Crippen molar-refractivity contribution in [3.05, 3.63) is 48.0 Å². The number of carboxylic acid groups (broad SMARTS) is 1. The molecule has 2 rings (SSSR count). The molecule has 27 heavy (non-hydrogen) atoms. The van der Waals surface area contributed by atoms with Crippen LogP contribution in [0.25, 0.3) is 0 Å². The molecule has 144 valence electrons. The van der Waals surface area contributed by atoms with Gasteiger partial charge in [0.2, 0.25) is 11.7 Å². The van der Waals surface area contributed by atoms with Crippen LogP contribution in [0.4, 0.5) is 5.69 Å². The van der Waals surface area contributed by atoms with E-state index in [1.807, 2.05) is 0 Å². The zero-order chi connectivity index (χ0) is 20.0. The number of amides is 1. The molecule has 0 saturated heterocycles. The lowest BCUT2D eigenvalue weighted by Gasteiger charge is -2.25. The maximum atomic E-state index is 12.6. The van der Waals surface area contributed by atoms with Crippen molar-refractivity contribution >= 4 is 17.6 Å². The first-order valence-corrected chi connectivity index (χ1v) is 8.24. The highest BCUT2D eigenvalue weighted by Crippen LogP contribution is 2.40. The van der Waals surface area contributed by atoms with Crippen LogP contribution >= 0.6 is 0 Å². The maximum Gasteiger partial charge on any atom is 0.314 e. The molecule has 2 aromatic carbocycles.